The number of fused-ring (bicyclic) bond motifs is 1. The molecule has 1 unspecified atom stereocenters. The first-order chi connectivity index (χ1) is 14.2. The van der Waals surface area contributed by atoms with Gasteiger partial charge >= 0.3 is 5.97 Å². The van der Waals surface area contributed by atoms with Crippen LogP contribution >= 0.6 is 11.6 Å². The number of hydrogen-bond donors (Lipinski definition) is 1. The van der Waals surface area contributed by atoms with Gasteiger partial charge < -0.3 is 14.8 Å². The van der Waals surface area contributed by atoms with E-state index in [9.17, 15) is 9.59 Å². The van der Waals surface area contributed by atoms with Crippen LogP contribution in [0.2, 0.25) is 5.02 Å². The van der Waals surface area contributed by atoms with E-state index in [2.05, 4.69) is 5.32 Å². The SMILES string of the molecule is CC(C)(C)NC(=O)C1c2ccccc2OCC(=O)OCCN1Cc1ccc(Cl)cc1. The summed E-state index contributed by atoms with van der Waals surface area (Å²) in [6, 6.07) is 14.2. The number of benzene rings is 2. The summed E-state index contributed by atoms with van der Waals surface area (Å²) in [4.78, 5) is 27.4. The van der Waals surface area contributed by atoms with Crippen molar-refractivity contribution in [2.45, 2.75) is 38.9 Å². The Bertz CT molecular complexity index is 893. The van der Waals surface area contributed by atoms with Gasteiger partial charge in [0.05, 0.1) is 0 Å². The lowest BCUT2D eigenvalue weighted by molar-refractivity contribution is -0.147. The summed E-state index contributed by atoms with van der Waals surface area (Å²) in [6.07, 6.45) is 0. The summed E-state index contributed by atoms with van der Waals surface area (Å²) in [5.74, 6) is -0.0835. The second-order valence-electron chi connectivity index (χ2n) is 8.29. The summed E-state index contributed by atoms with van der Waals surface area (Å²) in [7, 11) is 0. The van der Waals surface area contributed by atoms with Crippen molar-refractivity contribution in [2.24, 2.45) is 0 Å². The van der Waals surface area contributed by atoms with Gasteiger partial charge in [-0.2, -0.15) is 0 Å². The smallest absolute Gasteiger partial charge is 0.344 e. The minimum atomic E-state index is -0.618. The van der Waals surface area contributed by atoms with E-state index in [4.69, 9.17) is 21.1 Å². The molecule has 0 spiro atoms. The Morgan fingerprint density at radius 1 is 1.13 bits per heavy atom. The number of hydrogen-bond acceptors (Lipinski definition) is 5. The minimum Gasteiger partial charge on any atom is -0.482 e. The molecule has 7 heteroatoms. The molecule has 0 radical (unpaired) electrons. The number of esters is 1. The molecule has 0 bridgehead atoms. The highest BCUT2D eigenvalue weighted by molar-refractivity contribution is 6.30. The zero-order chi connectivity index (χ0) is 21.7. The van der Waals surface area contributed by atoms with Crippen LogP contribution in [0.15, 0.2) is 48.5 Å². The Hall–Kier alpha value is -2.57. The van der Waals surface area contributed by atoms with Crippen LogP contribution in [0.25, 0.3) is 0 Å². The molecule has 2 aromatic carbocycles. The first-order valence-corrected chi connectivity index (χ1v) is 10.3. The number of nitrogens with one attached hydrogen (secondary N) is 1. The van der Waals surface area contributed by atoms with Crippen molar-refractivity contribution in [3.8, 4) is 5.75 Å². The molecule has 1 amide bonds. The average molecular weight is 431 g/mol. The predicted molar refractivity (Wildman–Crippen MR) is 115 cm³/mol. The van der Waals surface area contributed by atoms with Crippen molar-refractivity contribution in [1.29, 1.82) is 0 Å². The highest BCUT2D eigenvalue weighted by Gasteiger charge is 2.33. The molecule has 6 nitrogen and oxygen atoms in total. The lowest BCUT2D eigenvalue weighted by Crippen LogP contribution is -2.48. The van der Waals surface area contributed by atoms with Gasteiger partial charge in [0, 0.05) is 29.2 Å². The molecule has 0 aliphatic carbocycles. The second-order valence-corrected chi connectivity index (χ2v) is 8.72. The van der Waals surface area contributed by atoms with E-state index in [1.54, 1.807) is 6.07 Å². The molecule has 0 aromatic heterocycles. The van der Waals surface area contributed by atoms with E-state index in [1.165, 1.54) is 0 Å². The number of amides is 1. The first kappa shape index (κ1) is 22.1. The molecule has 3 rings (SSSR count). The van der Waals surface area contributed by atoms with Gasteiger partial charge in [0.1, 0.15) is 18.4 Å². The Morgan fingerprint density at radius 3 is 2.53 bits per heavy atom. The average Bonchev–Trinajstić information content (AvgIpc) is 2.67. The maximum atomic E-state index is 13.4. The zero-order valence-electron chi connectivity index (χ0n) is 17.5. The summed E-state index contributed by atoms with van der Waals surface area (Å²) in [5.41, 5.74) is 1.30. The molecule has 160 valence electrons. The van der Waals surface area contributed by atoms with Crippen molar-refractivity contribution in [3.05, 3.63) is 64.7 Å². The maximum absolute atomic E-state index is 13.4. The fourth-order valence-electron chi connectivity index (χ4n) is 3.36. The van der Waals surface area contributed by atoms with Crippen LogP contribution < -0.4 is 10.1 Å². The van der Waals surface area contributed by atoms with Crippen LogP contribution in [0, 0.1) is 0 Å². The van der Waals surface area contributed by atoms with Gasteiger partial charge in [-0.25, -0.2) is 4.79 Å². The molecule has 1 atom stereocenters. The number of nitrogens with zero attached hydrogens (tertiary/aromatic N) is 1. The summed E-state index contributed by atoms with van der Waals surface area (Å²) in [5, 5.41) is 3.73. The highest BCUT2D eigenvalue weighted by Crippen LogP contribution is 2.32. The fourth-order valence-corrected chi connectivity index (χ4v) is 3.48. The van der Waals surface area contributed by atoms with Crippen molar-refractivity contribution >= 4 is 23.5 Å². The van der Waals surface area contributed by atoms with Crippen LogP contribution in [0.3, 0.4) is 0 Å². The largest absolute Gasteiger partial charge is 0.482 e. The third kappa shape index (κ3) is 5.97. The van der Waals surface area contributed by atoms with Crippen LogP contribution in [0.4, 0.5) is 0 Å². The standard InChI is InChI=1S/C23H27ClN2O4/c1-23(2,3)25-22(28)21-18-6-4-5-7-19(18)30-15-20(27)29-13-12-26(21)14-16-8-10-17(24)11-9-16/h4-11,21H,12-15H2,1-3H3,(H,25,28). The Kier molecular flexibility index (Phi) is 7.00. The molecular weight excluding hydrogens is 404 g/mol. The fraction of sp³-hybridized carbons (Fsp3) is 0.391. The normalized spacial score (nSPS) is 18.0. The first-order valence-electron chi connectivity index (χ1n) is 9.91. The molecule has 30 heavy (non-hydrogen) atoms. The van der Waals surface area contributed by atoms with E-state index in [0.717, 1.165) is 5.56 Å². The molecule has 1 N–H and O–H groups in total. The minimum absolute atomic E-state index is 0.139. The van der Waals surface area contributed by atoms with E-state index >= 15 is 0 Å². The number of rotatable bonds is 3. The van der Waals surface area contributed by atoms with Gasteiger partial charge in [-0.05, 0) is 44.5 Å². The summed E-state index contributed by atoms with van der Waals surface area (Å²) < 4.78 is 11.0. The number of halogens is 1. The monoisotopic (exact) mass is 430 g/mol. The number of carbonyl (C=O) groups is 2. The molecule has 0 saturated heterocycles. The molecular formula is C23H27ClN2O4. The van der Waals surface area contributed by atoms with Gasteiger partial charge in [-0.1, -0.05) is 41.9 Å². The van der Waals surface area contributed by atoms with Crippen LogP contribution in [0.1, 0.15) is 37.9 Å². The van der Waals surface area contributed by atoms with Crippen LogP contribution in [-0.4, -0.2) is 42.1 Å². The number of carbonyl (C=O) groups excluding carboxylic acids is 2. The zero-order valence-corrected chi connectivity index (χ0v) is 18.2. The lowest BCUT2D eigenvalue weighted by Gasteiger charge is -2.34. The van der Waals surface area contributed by atoms with Crippen LogP contribution in [-0.2, 0) is 20.9 Å². The number of cyclic esters (lactones) is 1. The molecule has 1 aliphatic heterocycles. The predicted octanol–water partition coefficient (Wildman–Crippen LogP) is 3.73. The van der Waals surface area contributed by atoms with E-state index in [1.807, 2.05) is 68.1 Å². The highest BCUT2D eigenvalue weighted by atomic mass is 35.5. The Morgan fingerprint density at radius 2 is 1.83 bits per heavy atom. The molecule has 2 aromatic rings. The summed E-state index contributed by atoms with van der Waals surface area (Å²) in [6.45, 7) is 6.67. The van der Waals surface area contributed by atoms with Gasteiger partial charge in [0.25, 0.3) is 0 Å². The lowest BCUT2D eigenvalue weighted by atomic mass is 10.00. The van der Waals surface area contributed by atoms with E-state index in [0.29, 0.717) is 29.4 Å². The second kappa shape index (κ2) is 9.49. The summed E-state index contributed by atoms with van der Waals surface area (Å²) >= 11 is 6.02. The van der Waals surface area contributed by atoms with Gasteiger partial charge in [-0.3, -0.25) is 9.69 Å². The van der Waals surface area contributed by atoms with Crippen molar-refractivity contribution in [2.75, 3.05) is 19.8 Å². The Balaban J connectivity index is 2.03. The van der Waals surface area contributed by atoms with E-state index < -0.39 is 17.6 Å². The number of ether oxygens (including phenoxy) is 2. The van der Waals surface area contributed by atoms with Crippen LogP contribution in [0.5, 0.6) is 5.75 Å². The van der Waals surface area contributed by atoms with Crippen molar-refractivity contribution in [1.82, 2.24) is 10.2 Å². The van der Waals surface area contributed by atoms with Crippen molar-refractivity contribution in [3.63, 3.8) is 0 Å². The topological polar surface area (TPSA) is 67.9 Å². The van der Waals surface area contributed by atoms with Gasteiger partial charge in [0.15, 0.2) is 6.61 Å². The number of para-hydroxylation sites is 1. The molecule has 0 saturated carbocycles. The van der Waals surface area contributed by atoms with Crippen molar-refractivity contribution < 1.29 is 19.1 Å². The maximum Gasteiger partial charge on any atom is 0.344 e. The third-order valence-electron chi connectivity index (χ3n) is 4.61. The molecule has 0 fully saturated rings. The molecule has 1 heterocycles. The van der Waals surface area contributed by atoms with Gasteiger partial charge in [-0.15, -0.1) is 0 Å². The van der Waals surface area contributed by atoms with E-state index in [-0.39, 0.29) is 19.1 Å². The molecule has 1 aliphatic rings. The van der Waals surface area contributed by atoms with Gasteiger partial charge in [0.2, 0.25) is 5.91 Å². The quantitative estimate of drug-likeness (QED) is 0.751. The third-order valence-corrected chi connectivity index (χ3v) is 4.86. The Labute approximate surface area is 182 Å².